The third-order valence-corrected chi connectivity index (χ3v) is 1.71. The van der Waals surface area contributed by atoms with Gasteiger partial charge < -0.3 is 4.42 Å². The van der Waals surface area contributed by atoms with Crippen molar-refractivity contribution in [3.05, 3.63) is 29.2 Å². The lowest BCUT2D eigenvalue weighted by molar-refractivity contribution is 0.110. The molecular weight excluding hydrogens is 178 g/mol. The molecule has 0 aliphatic heterocycles. The highest BCUT2D eigenvalue weighted by Gasteiger charge is 2.02. The van der Waals surface area contributed by atoms with Crippen LogP contribution in [0.5, 0.6) is 0 Å². The molecule has 0 unspecified atom stereocenters. The van der Waals surface area contributed by atoms with Gasteiger partial charge in [0.1, 0.15) is 5.15 Å². The zero-order valence-electron chi connectivity index (χ0n) is 5.95. The van der Waals surface area contributed by atoms with Crippen molar-refractivity contribution in [2.45, 2.75) is 0 Å². The Labute approximate surface area is 73.0 Å². The molecule has 0 spiro atoms. The highest BCUT2D eigenvalue weighted by molar-refractivity contribution is 6.30. The van der Waals surface area contributed by atoms with Crippen molar-refractivity contribution in [3.8, 4) is 0 Å². The molecule has 0 aromatic carbocycles. The Morgan fingerprint density at radius 2 is 2.33 bits per heavy atom. The number of pyridine rings is 1. The SMILES string of the molecule is O=Cc1cc2cc(Cl)ncc2o1. The monoisotopic (exact) mass is 181 g/mol. The average molecular weight is 182 g/mol. The predicted molar refractivity (Wildman–Crippen MR) is 44.4 cm³/mol. The molecule has 2 rings (SSSR count). The van der Waals surface area contributed by atoms with Crippen LogP contribution >= 0.6 is 11.6 Å². The van der Waals surface area contributed by atoms with E-state index in [0.717, 1.165) is 5.39 Å². The zero-order chi connectivity index (χ0) is 8.55. The van der Waals surface area contributed by atoms with Crippen LogP contribution in [0, 0.1) is 0 Å². The van der Waals surface area contributed by atoms with E-state index in [9.17, 15) is 4.79 Å². The second-order valence-electron chi connectivity index (χ2n) is 2.31. The van der Waals surface area contributed by atoms with Crippen molar-refractivity contribution in [2.75, 3.05) is 0 Å². The summed E-state index contributed by atoms with van der Waals surface area (Å²) >= 11 is 5.63. The van der Waals surface area contributed by atoms with Crippen LogP contribution in [-0.4, -0.2) is 11.3 Å². The number of rotatable bonds is 1. The number of fused-ring (bicyclic) bond motifs is 1. The van der Waals surface area contributed by atoms with Crippen LogP contribution in [-0.2, 0) is 0 Å². The Morgan fingerprint density at radius 3 is 3.08 bits per heavy atom. The molecule has 0 amide bonds. The number of hydrogen-bond donors (Lipinski definition) is 0. The first kappa shape index (κ1) is 7.31. The molecule has 12 heavy (non-hydrogen) atoms. The van der Waals surface area contributed by atoms with Gasteiger partial charge in [-0.05, 0) is 12.1 Å². The van der Waals surface area contributed by atoms with E-state index in [1.54, 1.807) is 12.1 Å². The van der Waals surface area contributed by atoms with Gasteiger partial charge in [0, 0.05) is 5.39 Å². The number of aldehydes is 1. The van der Waals surface area contributed by atoms with E-state index >= 15 is 0 Å². The molecule has 0 aliphatic rings. The third kappa shape index (κ3) is 1.08. The number of nitrogens with zero attached hydrogens (tertiary/aromatic N) is 1. The number of hydrogen-bond acceptors (Lipinski definition) is 3. The van der Waals surface area contributed by atoms with Gasteiger partial charge in [-0.15, -0.1) is 0 Å². The van der Waals surface area contributed by atoms with Gasteiger partial charge in [-0.25, -0.2) is 4.98 Å². The molecule has 2 aromatic rings. The molecule has 3 nitrogen and oxygen atoms in total. The minimum atomic E-state index is 0.286. The molecule has 0 fully saturated rings. The lowest BCUT2D eigenvalue weighted by atomic mass is 10.3. The van der Waals surface area contributed by atoms with Gasteiger partial charge in [0.05, 0.1) is 6.20 Å². The molecule has 0 N–H and O–H groups in total. The van der Waals surface area contributed by atoms with Crippen molar-refractivity contribution in [1.29, 1.82) is 0 Å². The first-order valence-corrected chi connectivity index (χ1v) is 3.67. The molecular formula is C8H4ClNO2. The maximum absolute atomic E-state index is 10.3. The molecule has 0 bridgehead atoms. The summed E-state index contributed by atoms with van der Waals surface area (Å²) < 4.78 is 5.08. The van der Waals surface area contributed by atoms with Crippen molar-refractivity contribution in [1.82, 2.24) is 4.98 Å². The van der Waals surface area contributed by atoms with Gasteiger partial charge in [-0.1, -0.05) is 11.6 Å². The van der Waals surface area contributed by atoms with Gasteiger partial charge in [-0.2, -0.15) is 0 Å². The van der Waals surface area contributed by atoms with E-state index in [1.165, 1.54) is 6.20 Å². The minimum absolute atomic E-state index is 0.286. The second kappa shape index (κ2) is 2.60. The largest absolute Gasteiger partial charge is 0.452 e. The van der Waals surface area contributed by atoms with Crippen molar-refractivity contribution < 1.29 is 9.21 Å². The van der Waals surface area contributed by atoms with E-state index < -0.39 is 0 Å². The summed E-state index contributed by atoms with van der Waals surface area (Å²) in [4.78, 5) is 14.1. The third-order valence-electron chi connectivity index (χ3n) is 1.51. The molecule has 0 atom stereocenters. The van der Waals surface area contributed by atoms with Crippen LogP contribution < -0.4 is 0 Å². The van der Waals surface area contributed by atoms with E-state index in [-0.39, 0.29) is 5.76 Å². The number of carbonyl (C=O) groups excluding carboxylic acids is 1. The Balaban J connectivity index is 2.75. The second-order valence-corrected chi connectivity index (χ2v) is 2.70. The molecule has 2 aromatic heterocycles. The van der Waals surface area contributed by atoms with Gasteiger partial charge in [0.15, 0.2) is 17.6 Å². The zero-order valence-corrected chi connectivity index (χ0v) is 6.71. The van der Waals surface area contributed by atoms with Gasteiger partial charge in [0.25, 0.3) is 0 Å². The van der Waals surface area contributed by atoms with Crippen LogP contribution in [0.3, 0.4) is 0 Å². The lowest BCUT2D eigenvalue weighted by Gasteiger charge is -1.86. The smallest absolute Gasteiger partial charge is 0.185 e. The summed E-state index contributed by atoms with van der Waals surface area (Å²) in [6.45, 7) is 0. The predicted octanol–water partition coefficient (Wildman–Crippen LogP) is 2.29. The fourth-order valence-corrected chi connectivity index (χ4v) is 1.16. The normalized spacial score (nSPS) is 10.4. The Bertz CT molecular complexity index is 436. The van der Waals surface area contributed by atoms with E-state index in [0.29, 0.717) is 17.0 Å². The summed E-state index contributed by atoms with van der Waals surface area (Å²) in [5, 5.41) is 1.18. The lowest BCUT2D eigenvalue weighted by Crippen LogP contribution is -1.70. The summed E-state index contributed by atoms with van der Waals surface area (Å²) in [7, 11) is 0. The van der Waals surface area contributed by atoms with Crippen LogP contribution in [0.4, 0.5) is 0 Å². The van der Waals surface area contributed by atoms with Gasteiger partial charge >= 0.3 is 0 Å². The van der Waals surface area contributed by atoms with Crippen LogP contribution in [0.25, 0.3) is 11.0 Å². The standard InChI is InChI=1S/C8H4ClNO2/c9-8-2-5-1-6(4-11)12-7(5)3-10-8/h1-4H. The summed E-state index contributed by atoms with van der Waals surface area (Å²) in [5.74, 6) is 0.286. The van der Waals surface area contributed by atoms with E-state index in [4.69, 9.17) is 16.0 Å². The quantitative estimate of drug-likeness (QED) is 0.501. The number of halogens is 1. The number of carbonyl (C=O) groups is 1. The van der Waals surface area contributed by atoms with Crippen molar-refractivity contribution in [3.63, 3.8) is 0 Å². The summed E-state index contributed by atoms with van der Waals surface area (Å²) in [6.07, 6.45) is 2.14. The molecule has 0 aliphatic carbocycles. The fourth-order valence-electron chi connectivity index (χ4n) is 0.997. The number of furan rings is 1. The average Bonchev–Trinajstić information content (AvgIpc) is 2.46. The number of aromatic nitrogens is 1. The molecule has 60 valence electrons. The first-order chi connectivity index (χ1) is 5.79. The van der Waals surface area contributed by atoms with Crippen LogP contribution in [0.2, 0.25) is 5.15 Å². The molecule has 0 saturated carbocycles. The maximum atomic E-state index is 10.3. The topological polar surface area (TPSA) is 43.1 Å². The van der Waals surface area contributed by atoms with Crippen molar-refractivity contribution >= 4 is 28.9 Å². The Morgan fingerprint density at radius 1 is 1.50 bits per heavy atom. The Hall–Kier alpha value is -1.35. The highest BCUT2D eigenvalue weighted by atomic mass is 35.5. The van der Waals surface area contributed by atoms with Crippen molar-refractivity contribution in [2.24, 2.45) is 0 Å². The van der Waals surface area contributed by atoms with Gasteiger partial charge in [-0.3, -0.25) is 4.79 Å². The molecule has 4 heteroatoms. The minimum Gasteiger partial charge on any atom is -0.452 e. The van der Waals surface area contributed by atoms with Crippen LogP contribution in [0.15, 0.2) is 22.7 Å². The Kier molecular flexibility index (Phi) is 1.59. The van der Waals surface area contributed by atoms with E-state index in [1.807, 2.05) is 0 Å². The van der Waals surface area contributed by atoms with Crippen LogP contribution in [0.1, 0.15) is 10.6 Å². The first-order valence-electron chi connectivity index (χ1n) is 3.30. The molecule has 0 radical (unpaired) electrons. The fraction of sp³-hybridized carbons (Fsp3) is 0. The maximum Gasteiger partial charge on any atom is 0.185 e. The van der Waals surface area contributed by atoms with E-state index in [2.05, 4.69) is 4.98 Å². The summed E-state index contributed by atoms with van der Waals surface area (Å²) in [5.41, 5.74) is 0.571. The molecule has 2 heterocycles. The highest BCUT2D eigenvalue weighted by Crippen LogP contribution is 2.19. The molecule has 0 saturated heterocycles. The summed E-state index contributed by atoms with van der Waals surface area (Å²) in [6, 6.07) is 3.27. The van der Waals surface area contributed by atoms with Gasteiger partial charge in [0.2, 0.25) is 0 Å².